The molecule has 2 aromatic heterocycles. The van der Waals surface area contributed by atoms with Gasteiger partial charge in [-0.15, -0.1) is 0 Å². The lowest BCUT2D eigenvalue weighted by atomic mass is 9.88. The van der Waals surface area contributed by atoms with Gasteiger partial charge in [0.05, 0.1) is 17.9 Å². The van der Waals surface area contributed by atoms with Gasteiger partial charge in [0.15, 0.2) is 5.65 Å². The Morgan fingerprint density at radius 2 is 1.88 bits per heavy atom. The number of likely N-dealkylation sites (tertiary alicyclic amines) is 1. The highest BCUT2D eigenvalue weighted by molar-refractivity contribution is 6.35. The maximum atomic E-state index is 6.51. The molecule has 33 heavy (non-hydrogen) atoms. The molecule has 0 aliphatic carbocycles. The Kier molecular flexibility index (Phi) is 6.27. The molecule has 6 nitrogen and oxygen atoms in total. The molecule has 0 radical (unpaired) electrons. The molecule has 2 unspecified atom stereocenters. The summed E-state index contributed by atoms with van der Waals surface area (Å²) in [5, 5.41) is 6.05. The summed E-state index contributed by atoms with van der Waals surface area (Å²) >= 11 is 12.6. The topological polar surface area (TPSA) is 50.1 Å². The smallest absolute Gasteiger partial charge is 0.179 e. The van der Waals surface area contributed by atoms with Crippen LogP contribution in [0.15, 0.2) is 24.4 Å². The molecule has 2 aliphatic rings. The van der Waals surface area contributed by atoms with Gasteiger partial charge in [0.1, 0.15) is 11.3 Å². The average Bonchev–Trinajstić information content (AvgIpc) is 3.43. The van der Waals surface area contributed by atoms with Gasteiger partial charge in [-0.3, -0.25) is 4.90 Å². The van der Waals surface area contributed by atoms with E-state index in [1.54, 1.807) is 6.07 Å². The minimum absolute atomic E-state index is 0.0900. The van der Waals surface area contributed by atoms with Gasteiger partial charge >= 0.3 is 0 Å². The lowest BCUT2D eigenvalue weighted by Gasteiger charge is -2.45. The van der Waals surface area contributed by atoms with Crippen molar-refractivity contribution in [2.75, 3.05) is 24.5 Å². The van der Waals surface area contributed by atoms with Crippen LogP contribution in [0.5, 0.6) is 0 Å². The minimum atomic E-state index is -0.0900. The first-order chi connectivity index (χ1) is 15.8. The maximum absolute atomic E-state index is 6.51. The zero-order chi connectivity index (χ0) is 23.3. The Morgan fingerprint density at radius 1 is 1.12 bits per heavy atom. The predicted molar refractivity (Wildman–Crippen MR) is 136 cm³/mol. The molecule has 0 bridgehead atoms. The molecule has 3 aromatic rings. The van der Waals surface area contributed by atoms with E-state index in [9.17, 15) is 0 Å². The van der Waals surface area contributed by atoms with E-state index in [0.717, 1.165) is 41.2 Å². The first-order valence-corrected chi connectivity index (χ1v) is 12.8. The number of piperidine rings is 1. The Bertz CT molecular complexity index is 1160. The third kappa shape index (κ3) is 4.22. The van der Waals surface area contributed by atoms with Gasteiger partial charge in [-0.25, -0.2) is 14.6 Å². The van der Waals surface area contributed by atoms with Crippen LogP contribution in [0.2, 0.25) is 10.0 Å². The van der Waals surface area contributed by atoms with E-state index in [2.05, 4.69) is 30.6 Å². The van der Waals surface area contributed by atoms with Crippen molar-refractivity contribution in [3.8, 4) is 0 Å². The van der Waals surface area contributed by atoms with E-state index >= 15 is 0 Å². The van der Waals surface area contributed by atoms with Gasteiger partial charge in [-0.1, -0.05) is 36.2 Å². The van der Waals surface area contributed by atoms with Crippen LogP contribution in [0, 0.1) is 12.8 Å². The molecule has 176 valence electrons. The fourth-order valence-corrected chi connectivity index (χ4v) is 6.21. The highest BCUT2D eigenvalue weighted by atomic mass is 35.5. The second-order valence-electron chi connectivity index (χ2n) is 9.80. The summed E-state index contributed by atoms with van der Waals surface area (Å²) in [7, 11) is 0. The molecule has 1 aromatic carbocycles. The van der Waals surface area contributed by atoms with E-state index in [1.807, 2.05) is 29.9 Å². The van der Waals surface area contributed by atoms with E-state index in [1.165, 1.54) is 25.9 Å². The average molecular weight is 487 g/mol. The zero-order valence-corrected chi connectivity index (χ0v) is 21.3. The van der Waals surface area contributed by atoms with Gasteiger partial charge in [-0.05, 0) is 76.7 Å². The van der Waals surface area contributed by atoms with Crippen molar-refractivity contribution in [2.24, 2.45) is 5.92 Å². The molecule has 4 heterocycles. The van der Waals surface area contributed by atoms with Crippen LogP contribution in [0.25, 0.3) is 11.2 Å². The number of hydrogen-bond donors (Lipinski definition) is 0. The van der Waals surface area contributed by atoms with E-state index in [0.29, 0.717) is 28.0 Å². The lowest BCUT2D eigenvalue weighted by molar-refractivity contribution is 0.143. The largest absolute Gasteiger partial charge is 0.352 e. The van der Waals surface area contributed by atoms with Crippen LogP contribution < -0.4 is 4.90 Å². The van der Waals surface area contributed by atoms with Crippen LogP contribution in [-0.4, -0.2) is 56.4 Å². The number of rotatable bonds is 4. The normalized spacial score (nSPS) is 25.2. The molecule has 2 saturated heterocycles. The second kappa shape index (κ2) is 9.05. The fraction of sp³-hybridized carbons (Fsp3) is 0.560. The predicted octanol–water partition coefficient (Wildman–Crippen LogP) is 5.75. The van der Waals surface area contributed by atoms with Crippen molar-refractivity contribution < 1.29 is 0 Å². The van der Waals surface area contributed by atoms with Crippen LogP contribution in [0.1, 0.15) is 57.3 Å². The highest BCUT2D eigenvalue weighted by Gasteiger charge is 2.36. The van der Waals surface area contributed by atoms with Gasteiger partial charge in [0.25, 0.3) is 0 Å². The summed E-state index contributed by atoms with van der Waals surface area (Å²) in [6.07, 6.45) is 5.75. The number of aryl methyl sites for hydroxylation is 1. The minimum Gasteiger partial charge on any atom is -0.352 e. The molecule has 0 amide bonds. The van der Waals surface area contributed by atoms with Gasteiger partial charge in [-0.2, -0.15) is 5.10 Å². The number of aromatic nitrogens is 4. The Morgan fingerprint density at radius 3 is 2.61 bits per heavy atom. The summed E-state index contributed by atoms with van der Waals surface area (Å²) < 4.78 is 1.95. The first kappa shape index (κ1) is 22.9. The van der Waals surface area contributed by atoms with Crippen LogP contribution in [0.3, 0.4) is 0 Å². The van der Waals surface area contributed by atoms with Crippen molar-refractivity contribution in [2.45, 2.75) is 65.1 Å². The number of halogens is 2. The van der Waals surface area contributed by atoms with Crippen molar-refractivity contribution in [1.82, 2.24) is 24.6 Å². The van der Waals surface area contributed by atoms with Crippen molar-refractivity contribution in [3.63, 3.8) is 0 Å². The zero-order valence-electron chi connectivity index (χ0n) is 19.8. The standard InChI is InChI=1S/C25H32Cl2N6/c1-15-14-32(16(2)11-22(15)31-9-5-6-10-31)23-13-28-24-17(3)30-33(25(24)29-23)18(4)20-8-7-19(26)12-21(20)27/h7-8,12-13,15-16,18,22H,5-6,9-11,14H2,1-4H3/t15?,16-,18+,22?/m0/s1. The first-order valence-electron chi connectivity index (χ1n) is 12.0. The van der Waals surface area contributed by atoms with E-state index < -0.39 is 0 Å². The van der Waals surface area contributed by atoms with Gasteiger partial charge in [0, 0.05) is 28.7 Å². The fourth-order valence-electron chi connectivity index (χ4n) is 5.64. The Hall–Kier alpha value is -1.89. The second-order valence-corrected chi connectivity index (χ2v) is 10.6. The van der Waals surface area contributed by atoms with Crippen molar-refractivity contribution in [3.05, 3.63) is 45.7 Å². The molecule has 5 rings (SSSR count). The molecule has 0 saturated carbocycles. The molecule has 0 spiro atoms. The highest BCUT2D eigenvalue weighted by Crippen LogP contribution is 2.34. The molecule has 0 N–H and O–H groups in total. The molecule has 8 heteroatoms. The maximum Gasteiger partial charge on any atom is 0.179 e. The van der Waals surface area contributed by atoms with Crippen LogP contribution in [0.4, 0.5) is 5.82 Å². The number of nitrogens with zero attached hydrogens (tertiary/aromatic N) is 6. The molecular weight excluding hydrogens is 455 g/mol. The van der Waals surface area contributed by atoms with Gasteiger partial charge in [0.2, 0.25) is 0 Å². The van der Waals surface area contributed by atoms with Crippen LogP contribution >= 0.6 is 23.2 Å². The molecule has 4 atom stereocenters. The van der Waals surface area contributed by atoms with E-state index in [-0.39, 0.29) is 6.04 Å². The lowest BCUT2D eigenvalue weighted by Crippen LogP contribution is -2.53. The number of hydrogen-bond acceptors (Lipinski definition) is 5. The number of anilines is 1. The monoisotopic (exact) mass is 486 g/mol. The molecule has 2 fully saturated rings. The van der Waals surface area contributed by atoms with E-state index in [4.69, 9.17) is 38.3 Å². The summed E-state index contributed by atoms with van der Waals surface area (Å²) in [5.41, 5.74) is 3.47. The van der Waals surface area contributed by atoms with Crippen molar-refractivity contribution in [1.29, 1.82) is 0 Å². The summed E-state index contributed by atoms with van der Waals surface area (Å²) in [6, 6.07) is 6.59. The Balaban J connectivity index is 1.47. The summed E-state index contributed by atoms with van der Waals surface area (Å²) in [6.45, 7) is 12.3. The SMILES string of the molecule is Cc1nn([C@H](C)c2ccc(Cl)cc2Cl)c2nc(N3CC(C)C(N4CCCC4)C[C@@H]3C)cnc12. The molecule has 2 aliphatic heterocycles. The molecular formula is C25H32Cl2N6. The number of benzene rings is 1. The number of fused-ring (bicyclic) bond motifs is 1. The van der Waals surface area contributed by atoms with Crippen molar-refractivity contribution >= 4 is 40.2 Å². The van der Waals surface area contributed by atoms with Crippen LogP contribution in [-0.2, 0) is 0 Å². The Labute approximate surface area is 205 Å². The third-order valence-electron chi connectivity index (χ3n) is 7.50. The van der Waals surface area contributed by atoms with Gasteiger partial charge < -0.3 is 4.90 Å². The summed E-state index contributed by atoms with van der Waals surface area (Å²) in [4.78, 5) is 15.0. The summed E-state index contributed by atoms with van der Waals surface area (Å²) in [5.74, 6) is 1.52. The third-order valence-corrected chi connectivity index (χ3v) is 8.06. The quantitative estimate of drug-likeness (QED) is 0.469.